The van der Waals surface area contributed by atoms with Crippen molar-refractivity contribution < 1.29 is 13.9 Å². The lowest BCUT2D eigenvalue weighted by molar-refractivity contribution is 0.102. The molecule has 0 radical (unpaired) electrons. The monoisotopic (exact) mass is 271 g/mol. The predicted octanol–water partition coefficient (Wildman–Crippen LogP) is 3.40. The third-order valence-electron chi connectivity index (χ3n) is 3.27. The first-order chi connectivity index (χ1) is 9.74. The topological polar surface area (TPSA) is 38.3 Å². The number of benzene rings is 2. The van der Waals surface area contributed by atoms with Gasteiger partial charge in [-0.1, -0.05) is 18.2 Å². The van der Waals surface area contributed by atoms with Crippen molar-refractivity contribution in [1.29, 1.82) is 0 Å². The number of ether oxygens (including phenoxy) is 1. The number of rotatable bonds is 2. The molecule has 102 valence electrons. The van der Waals surface area contributed by atoms with E-state index in [0.717, 1.165) is 24.2 Å². The smallest absolute Gasteiger partial charge is 0.255 e. The lowest BCUT2D eigenvalue weighted by Gasteiger charge is -2.20. The second-order valence-electron chi connectivity index (χ2n) is 4.71. The first kappa shape index (κ1) is 12.7. The summed E-state index contributed by atoms with van der Waals surface area (Å²) in [5.74, 6) is -0.0421. The number of carbonyl (C=O) groups is 1. The van der Waals surface area contributed by atoms with Crippen molar-refractivity contribution in [2.45, 2.75) is 12.8 Å². The average molecular weight is 271 g/mol. The molecule has 1 amide bonds. The van der Waals surface area contributed by atoms with Crippen LogP contribution in [-0.2, 0) is 6.42 Å². The van der Waals surface area contributed by atoms with Gasteiger partial charge in [0.25, 0.3) is 5.91 Å². The minimum Gasteiger partial charge on any atom is -0.491 e. The summed E-state index contributed by atoms with van der Waals surface area (Å²) in [6.07, 6.45) is 1.92. The number of hydrogen-bond acceptors (Lipinski definition) is 2. The fourth-order valence-corrected chi connectivity index (χ4v) is 2.31. The minimum atomic E-state index is -0.427. The first-order valence-electron chi connectivity index (χ1n) is 6.55. The van der Waals surface area contributed by atoms with Crippen LogP contribution in [-0.4, -0.2) is 12.5 Å². The average Bonchev–Trinajstić information content (AvgIpc) is 2.47. The third-order valence-corrected chi connectivity index (χ3v) is 3.27. The first-order valence-corrected chi connectivity index (χ1v) is 6.55. The highest BCUT2D eigenvalue weighted by Gasteiger charge is 2.16. The van der Waals surface area contributed by atoms with E-state index in [1.54, 1.807) is 12.1 Å². The van der Waals surface area contributed by atoms with E-state index in [1.807, 2.05) is 12.1 Å². The predicted molar refractivity (Wildman–Crippen MR) is 74.6 cm³/mol. The molecule has 1 aliphatic rings. The molecule has 1 N–H and O–H groups in total. The molecule has 0 aromatic heterocycles. The fourth-order valence-electron chi connectivity index (χ4n) is 2.31. The van der Waals surface area contributed by atoms with Gasteiger partial charge in [-0.05, 0) is 42.7 Å². The standard InChI is InChI=1S/C16H14FNO2/c17-13-7-1-5-12(10-13)16(19)18-14-8-2-4-11-6-3-9-20-15(11)14/h1-2,4-5,7-8,10H,3,6,9H2,(H,18,19). The number of aryl methyl sites for hydroxylation is 1. The van der Waals surface area contributed by atoms with Crippen LogP contribution in [0.5, 0.6) is 5.75 Å². The number of nitrogens with one attached hydrogen (secondary N) is 1. The number of hydrogen-bond donors (Lipinski definition) is 1. The maximum absolute atomic E-state index is 13.1. The van der Waals surface area contributed by atoms with Gasteiger partial charge in [0, 0.05) is 5.56 Å². The molecule has 0 unspecified atom stereocenters. The molecule has 20 heavy (non-hydrogen) atoms. The number of halogens is 1. The number of anilines is 1. The summed E-state index contributed by atoms with van der Waals surface area (Å²) < 4.78 is 18.8. The van der Waals surface area contributed by atoms with Gasteiger partial charge in [0.05, 0.1) is 12.3 Å². The Morgan fingerprint density at radius 1 is 1.20 bits per heavy atom. The highest BCUT2D eigenvalue weighted by Crippen LogP contribution is 2.33. The van der Waals surface area contributed by atoms with Crippen LogP contribution >= 0.6 is 0 Å². The minimum absolute atomic E-state index is 0.290. The lowest BCUT2D eigenvalue weighted by Crippen LogP contribution is -2.16. The number of fused-ring (bicyclic) bond motifs is 1. The summed E-state index contributed by atoms with van der Waals surface area (Å²) in [5, 5.41) is 2.78. The molecule has 3 nitrogen and oxygen atoms in total. The summed E-state index contributed by atoms with van der Waals surface area (Å²) in [7, 11) is 0. The lowest BCUT2D eigenvalue weighted by atomic mass is 10.1. The number of amides is 1. The number of para-hydroxylation sites is 1. The van der Waals surface area contributed by atoms with E-state index >= 15 is 0 Å². The highest BCUT2D eigenvalue weighted by atomic mass is 19.1. The molecule has 0 atom stereocenters. The second kappa shape index (κ2) is 5.33. The summed E-state index contributed by atoms with van der Waals surface area (Å²) in [6.45, 7) is 0.653. The van der Waals surface area contributed by atoms with Crippen LogP contribution in [0.25, 0.3) is 0 Å². The normalized spacial score (nSPS) is 13.2. The Morgan fingerprint density at radius 3 is 2.90 bits per heavy atom. The van der Waals surface area contributed by atoms with E-state index in [4.69, 9.17) is 4.74 Å². The SMILES string of the molecule is O=C(Nc1cccc2c1OCCC2)c1cccc(F)c1. The van der Waals surface area contributed by atoms with Crippen LogP contribution in [0.2, 0.25) is 0 Å². The van der Waals surface area contributed by atoms with Crippen LogP contribution in [0.3, 0.4) is 0 Å². The molecule has 0 saturated carbocycles. The highest BCUT2D eigenvalue weighted by molar-refractivity contribution is 6.05. The zero-order valence-electron chi connectivity index (χ0n) is 10.9. The molecular formula is C16H14FNO2. The van der Waals surface area contributed by atoms with Crippen LogP contribution in [0.1, 0.15) is 22.3 Å². The Labute approximate surface area is 116 Å². The van der Waals surface area contributed by atoms with Gasteiger partial charge in [0.1, 0.15) is 11.6 Å². The van der Waals surface area contributed by atoms with Crippen molar-refractivity contribution in [3.05, 3.63) is 59.4 Å². The van der Waals surface area contributed by atoms with Crippen LogP contribution < -0.4 is 10.1 Å². The van der Waals surface area contributed by atoms with Crippen molar-refractivity contribution in [2.24, 2.45) is 0 Å². The van der Waals surface area contributed by atoms with Crippen molar-refractivity contribution in [3.8, 4) is 5.75 Å². The van der Waals surface area contributed by atoms with E-state index in [9.17, 15) is 9.18 Å². The van der Waals surface area contributed by atoms with Gasteiger partial charge in [-0.2, -0.15) is 0 Å². The molecule has 4 heteroatoms. The Hall–Kier alpha value is -2.36. The van der Waals surface area contributed by atoms with Crippen molar-refractivity contribution >= 4 is 11.6 Å². The summed E-state index contributed by atoms with van der Waals surface area (Å²) in [5.41, 5.74) is 2.02. The zero-order chi connectivity index (χ0) is 13.9. The van der Waals surface area contributed by atoms with Gasteiger partial charge >= 0.3 is 0 Å². The van der Waals surface area contributed by atoms with Crippen molar-refractivity contribution in [1.82, 2.24) is 0 Å². The maximum Gasteiger partial charge on any atom is 0.255 e. The summed E-state index contributed by atoms with van der Waals surface area (Å²) in [4.78, 5) is 12.1. The second-order valence-corrected chi connectivity index (χ2v) is 4.71. The van der Waals surface area contributed by atoms with Gasteiger partial charge < -0.3 is 10.1 Å². The number of carbonyl (C=O) groups excluding carboxylic acids is 1. The molecule has 2 aromatic rings. The molecule has 0 aliphatic carbocycles. The van der Waals surface area contributed by atoms with Crippen LogP contribution in [0.15, 0.2) is 42.5 Å². The zero-order valence-corrected chi connectivity index (χ0v) is 10.9. The Kier molecular flexibility index (Phi) is 3.37. The van der Waals surface area contributed by atoms with Crippen LogP contribution in [0, 0.1) is 5.82 Å². The summed E-state index contributed by atoms with van der Waals surface area (Å²) >= 11 is 0. The van der Waals surface area contributed by atoms with Crippen molar-refractivity contribution in [2.75, 3.05) is 11.9 Å². The summed E-state index contributed by atoms with van der Waals surface area (Å²) in [6, 6.07) is 11.3. The van der Waals surface area contributed by atoms with Gasteiger partial charge in [0.15, 0.2) is 0 Å². The molecule has 0 spiro atoms. The van der Waals surface area contributed by atoms with E-state index in [0.29, 0.717) is 17.9 Å². The van der Waals surface area contributed by atoms with E-state index in [2.05, 4.69) is 5.32 Å². The van der Waals surface area contributed by atoms with Crippen LogP contribution in [0.4, 0.5) is 10.1 Å². The molecule has 3 rings (SSSR count). The molecule has 0 saturated heterocycles. The Bertz CT molecular complexity index is 655. The van der Waals surface area contributed by atoms with Crippen molar-refractivity contribution in [3.63, 3.8) is 0 Å². The van der Waals surface area contributed by atoms with Gasteiger partial charge in [-0.15, -0.1) is 0 Å². The Balaban J connectivity index is 1.86. The largest absolute Gasteiger partial charge is 0.491 e. The van der Waals surface area contributed by atoms with Gasteiger partial charge in [-0.3, -0.25) is 4.79 Å². The fraction of sp³-hybridized carbons (Fsp3) is 0.188. The quantitative estimate of drug-likeness (QED) is 0.909. The Morgan fingerprint density at radius 2 is 2.05 bits per heavy atom. The molecule has 1 aliphatic heterocycles. The molecule has 0 bridgehead atoms. The van der Waals surface area contributed by atoms with Gasteiger partial charge in [0.2, 0.25) is 0 Å². The van der Waals surface area contributed by atoms with E-state index in [1.165, 1.54) is 18.2 Å². The van der Waals surface area contributed by atoms with E-state index < -0.39 is 5.82 Å². The maximum atomic E-state index is 13.1. The third kappa shape index (κ3) is 2.50. The molecule has 1 heterocycles. The van der Waals surface area contributed by atoms with Gasteiger partial charge in [-0.25, -0.2) is 4.39 Å². The molecule has 0 fully saturated rings. The molecule has 2 aromatic carbocycles. The molecular weight excluding hydrogens is 257 g/mol. The van der Waals surface area contributed by atoms with E-state index in [-0.39, 0.29) is 5.91 Å².